The number of rotatable bonds is 4. The van der Waals surface area contributed by atoms with E-state index in [2.05, 4.69) is 61.6 Å². The zero-order valence-electron chi connectivity index (χ0n) is 17.3. The van der Waals surface area contributed by atoms with Gasteiger partial charge in [0.1, 0.15) is 0 Å². The number of hydrogen-bond donors (Lipinski definition) is 1. The molecular formula is C24H42NY. The molecule has 0 spiro atoms. The van der Waals surface area contributed by atoms with Crippen molar-refractivity contribution in [1.82, 2.24) is 5.32 Å². The summed E-state index contributed by atoms with van der Waals surface area (Å²) >= 11 is 0. The average Bonchev–Trinajstić information content (AvgIpc) is 2.69. The van der Waals surface area contributed by atoms with E-state index in [-0.39, 0.29) is 40.1 Å². The van der Waals surface area contributed by atoms with Crippen molar-refractivity contribution in [3.8, 4) is 0 Å². The van der Waals surface area contributed by atoms with E-state index in [1.807, 2.05) is 59.7 Å². The second kappa shape index (κ2) is 35.6. The summed E-state index contributed by atoms with van der Waals surface area (Å²) in [5.74, 6) is 0. The van der Waals surface area contributed by atoms with Gasteiger partial charge in [-0.2, -0.15) is 35.9 Å². The molecule has 0 aliphatic rings. The maximum absolute atomic E-state index is 3.52. The summed E-state index contributed by atoms with van der Waals surface area (Å²) in [4.78, 5) is 0. The van der Waals surface area contributed by atoms with E-state index in [1.54, 1.807) is 0 Å². The molecule has 0 radical (unpaired) electrons. The Balaban J connectivity index is -0.0000000975. The Bertz CT molecular complexity index is 362. The molecule has 2 aromatic carbocycles. The Kier molecular flexibility index (Phi) is 49.9. The zero-order valence-corrected chi connectivity index (χ0v) is 20.1. The smallest absolute Gasteiger partial charge is 0.376 e. The molecule has 146 valence electrons. The normalized spacial score (nSPS) is 7.23. The van der Waals surface area contributed by atoms with Gasteiger partial charge in [0, 0.05) is 0 Å². The summed E-state index contributed by atoms with van der Waals surface area (Å²) in [6.45, 7) is 20.6. The molecule has 1 nitrogen and oxygen atoms in total. The van der Waals surface area contributed by atoms with Gasteiger partial charge in [0.2, 0.25) is 0 Å². The van der Waals surface area contributed by atoms with E-state index in [9.17, 15) is 0 Å². The molecule has 2 aromatic rings. The summed E-state index contributed by atoms with van der Waals surface area (Å²) in [7, 11) is 0. The minimum atomic E-state index is 0. The van der Waals surface area contributed by atoms with E-state index < -0.39 is 0 Å². The molecule has 0 aromatic heterocycles. The van der Waals surface area contributed by atoms with Crippen LogP contribution in [-0.2, 0) is 39.1 Å². The van der Waals surface area contributed by atoms with Crippen molar-refractivity contribution in [1.29, 1.82) is 0 Å². The summed E-state index contributed by atoms with van der Waals surface area (Å²) in [5, 5.41) is 2.89. The summed E-state index contributed by atoms with van der Waals surface area (Å²) in [5.41, 5.74) is 2.58. The molecule has 1 N–H and O–H groups in total. The van der Waals surface area contributed by atoms with Crippen LogP contribution in [0.2, 0.25) is 0 Å². The average molecular weight is 434 g/mol. The van der Waals surface area contributed by atoms with Gasteiger partial charge in [0.05, 0.1) is 0 Å². The molecule has 0 aliphatic carbocycles. The van der Waals surface area contributed by atoms with Crippen molar-refractivity contribution in [3.05, 3.63) is 85.6 Å². The van der Waals surface area contributed by atoms with E-state index in [1.165, 1.54) is 11.1 Å². The van der Waals surface area contributed by atoms with Gasteiger partial charge in [-0.15, -0.1) is 13.1 Å². The van der Waals surface area contributed by atoms with Crippen molar-refractivity contribution >= 4 is 0 Å². The summed E-state index contributed by atoms with van der Waals surface area (Å²) < 4.78 is 0. The first-order valence-electron chi connectivity index (χ1n) is 9.15. The fourth-order valence-electron chi connectivity index (χ4n) is 1.48. The molecule has 0 fully saturated rings. The molecule has 2 heteroatoms. The van der Waals surface area contributed by atoms with Crippen LogP contribution in [0.3, 0.4) is 0 Å². The summed E-state index contributed by atoms with van der Waals surface area (Å²) in [6, 6.07) is 21.8. The van der Waals surface area contributed by atoms with Gasteiger partial charge in [-0.1, -0.05) is 79.3 Å². The first-order valence-corrected chi connectivity index (χ1v) is 9.15. The van der Waals surface area contributed by atoms with Crippen molar-refractivity contribution in [2.24, 2.45) is 0 Å². The molecule has 0 heterocycles. The third-order valence-corrected chi connectivity index (χ3v) is 2.36. The number of hydrogen-bond acceptors (Lipinski definition) is 1. The fourth-order valence-corrected chi connectivity index (χ4v) is 1.48. The molecule has 0 saturated heterocycles. The molecule has 0 saturated carbocycles. The second-order valence-electron chi connectivity index (χ2n) is 3.80. The molecule has 0 bridgehead atoms. The Morgan fingerprint density at radius 1 is 0.769 bits per heavy atom. The summed E-state index contributed by atoms with van der Waals surface area (Å²) in [6.07, 6.45) is 0.974. The monoisotopic (exact) mass is 433 g/mol. The SMILES string of the molecule is C.CC.CC.CC.[CH2-]CNC[CH2-].[Y+3].[c-]1ccccc1Cc1ccccc1. The standard InChI is InChI=1S/C13H11.C4H9N.3C2H6.CH4.Y/c1-3-7-12(8-4-1)11-13-9-5-2-6-10-13;1-3-5-4-2;3*1-2;;/h1-9H,11H2;5H,1-4H2;3*1-2H3;1H4;/q-1;-2;;;;;+3. The molecule has 0 unspecified atom stereocenters. The van der Waals surface area contributed by atoms with Crippen LogP contribution >= 0.6 is 0 Å². The van der Waals surface area contributed by atoms with Gasteiger partial charge in [0.25, 0.3) is 0 Å². The quantitative estimate of drug-likeness (QED) is 0.510. The molecule has 0 atom stereocenters. The number of nitrogens with one attached hydrogen (secondary N) is 1. The molecule has 2 rings (SSSR count). The first-order chi connectivity index (χ1) is 11.9. The third kappa shape index (κ3) is 25.7. The van der Waals surface area contributed by atoms with Gasteiger partial charge in [-0.25, -0.2) is 0 Å². The van der Waals surface area contributed by atoms with Crippen molar-refractivity contribution < 1.29 is 32.7 Å². The van der Waals surface area contributed by atoms with E-state index in [0.717, 1.165) is 19.5 Å². The maximum Gasteiger partial charge on any atom is 3.00 e. The third-order valence-electron chi connectivity index (χ3n) is 2.36. The predicted octanol–water partition coefficient (Wildman–Crippen LogP) is 7.03. The molecule has 0 amide bonds. The molecular weight excluding hydrogens is 391 g/mol. The van der Waals surface area contributed by atoms with Crippen LogP contribution < -0.4 is 5.32 Å². The Hall–Kier alpha value is -0.496. The maximum atomic E-state index is 3.52. The predicted molar refractivity (Wildman–Crippen MR) is 119 cm³/mol. The van der Waals surface area contributed by atoms with Crippen LogP contribution in [-0.4, -0.2) is 13.1 Å². The van der Waals surface area contributed by atoms with E-state index >= 15 is 0 Å². The van der Waals surface area contributed by atoms with Gasteiger partial charge in [-0.05, 0) is 12.0 Å². The molecule has 26 heavy (non-hydrogen) atoms. The Labute approximate surface area is 191 Å². The Morgan fingerprint density at radius 2 is 1.23 bits per heavy atom. The van der Waals surface area contributed by atoms with Gasteiger partial charge < -0.3 is 19.2 Å². The topological polar surface area (TPSA) is 12.0 Å². The second-order valence-corrected chi connectivity index (χ2v) is 3.80. The van der Waals surface area contributed by atoms with Crippen LogP contribution in [0.5, 0.6) is 0 Å². The van der Waals surface area contributed by atoms with Crippen LogP contribution in [0.1, 0.15) is 60.1 Å². The Morgan fingerprint density at radius 3 is 1.58 bits per heavy atom. The van der Waals surface area contributed by atoms with Gasteiger partial charge in [0.15, 0.2) is 0 Å². The van der Waals surface area contributed by atoms with Crippen LogP contribution in [0.4, 0.5) is 0 Å². The largest absolute Gasteiger partial charge is 3.00 e. The van der Waals surface area contributed by atoms with Crippen LogP contribution in [0, 0.1) is 19.9 Å². The van der Waals surface area contributed by atoms with Gasteiger partial charge in [-0.3, -0.25) is 0 Å². The minimum Gasteiger partial charge on any atom is -0.376 e. The van der Waals surface area contributed by atoms with Crippen LogP contribution in [0.15, 0.2) is 54.6 Å². The number of benzene rings is 2. The van der Waals surface area contributed by atoms with Gasteiger partial charge >= 0.3 is 32.7 Å². The van der Waals surface area contributed by atoms with Crippen molar-refractivity contribution in [2.75, 3.05) is 13.1 Å². The molecule has 0 aliphatic heterocycles. The fraction of sp³-hybridized carbons (Fsp3) is 0.417. The first kappa shape index (κ1) is 36.4. The van der Waals surface area contributed by atoms with E-state index in [4.69, 9.17) is 0 Å². The van der Waals surface area contributed by atoms with E-state index in [0.29, 0.717) is 0 Å². The van der Waals surface area contributed by atoms with Crippen molar-refractivity contribution in [3.63, 3.8) is 0 Å². The minimum absolute atomic E-state index is 0. The van der Waals surface area contributed by atoms with Crippen molar-refractivity contribution in [2.45, 2.75) is 55.4 Å². The van der Waals surface area contributed by atoms with Crippen LogP contribution in [0.25, 0.3) is 0 Å². The zero-order chi connectivity index (χ0) is 19.1.